The van der Waals surface area contributed by atoms with Gasteiger partial charge in [-0.1, -0.05) is 41.5 Å². The number of hydrogen-bond donors (Lipinski definition) is 1. The van der Waals surface area contributed by atoms with Crippen LogP contribution in [0.15, 0.2) is 54.6 Å². The number of anilines is 1. The monoisotopic (exact) mass is 319 g/mol. The minimum atomic E-state index is -0.0568. The highest BCUT2D eigenvalue weighted by Gasteiger charge is 2.25. The van der Waals surface area contributed by atoms with Crippen LogP contribution in [-0.2, 0) is 0 Å². The maximum Gasteiger partial charge on any atom is 0.248 e. The number of nitrogens with zero attached hydrogens (tertiary/aromatic N) is 4. The molecule has 120 valence electrons. The van der Waals surface area contributed by atoms with Crippen molar-refractivity contribution in [3.63, 3.8) is 0 Å². The number of methoxy groups -OCH3 is 1. The lowest BCUT2D eigenvalue weighted by atomic mass is 9.98. The highest BCUT2D eigenvalue weighted by atomic mass is 16.5. The highest BCUT2D eigenvalue weighted by Crippen LogP contribution is 2.33. The summed E-state index contributed by atoms with van der Waals surface area (Å²) >= 11 is 0. The molecule has 1 atom stereocenters. The SMILES string of the molecule is COc1cccc(C2=C[C@@H](c3ccccc3C)n3nnnc3N2)c1. The van der Waals surface area contributed by atoms with Crippen molar-refractivity contribution in [2.75, 3.05) is 12.4 Å². The van der Waals surface area contributed by atoms with Crippen LogP contribution in [0.25, 0.3) is 5.70 Å². The standard InChI is InChI=1S/C18H17N5O/c1-12-6-3-4-9-15(12)17-11-16(19-18-20-21-22-23(17)18)13-7-5-8-14(10-13)24-2/h3-11,17H,1-2H3,(H,19,20,22)/t17-/m0/s1. The van der Waals surface area contributed by atoms with Gasteiger partial charge in [0.25, 0.3) is 0 Å². The summed E-state index contributed by atoms with van der Waals surface area (Å²) < 4.78 is 7.13. The summed E-state index contributed by atoms with van der Waals surface area (Å²) in [6, 6.07) is 16.1. The predicted octanol–water partition coefficient (Wildman–Crippen LogP) is 3.05. The number of allylic oxidation sites excluding steroid dienone is 1. The van der Waals surface area contributed by atoms with Gasteiger partial charge in [0.05, 0.1) is 7.11 Å². The lowest BCUT2D eigenvalue weighted by molar-refractivity contribution is 0.414. The first-order valence-corrected chi connectivity index (χ1v) is 7.73. The van der Waals surface area contributed by atoms with Gasteiger partial charge in [-0.05, 0) is 46.7 Å². The smallest absolute Gasteiger partial charge is 0.248 e. The third-order valence-electron chi connectivity index (χ3n) is 4.22. The van der Waals surface area contributed by atoms with Crippen molar-refractivity contribution in [2.45, 2.75) is 13.0 Å². The van der Waals surface area contributed by atoms with Crippen LogP contribution in [0, 0.1) is 6.92 Å². The van der Waals surface area contributed by atoms with Crippen LogP contribution < -0.4 is 10.1 Å². The van der Waals surface area contributed by atoms with E-state index in [-0.39, 0.29) is 6.04 Å². The van der Waals surface area contributed by atoms with Crippen LogP contribution in [0.3, 0.4) is 0 Å². The lowest BCUT2D eigenvalue weighted by Gasteiger charge is -2.24. The van der Waals surface area contributed by atoms with Gasteiger partial charge in [0.1, 0.15) is 11.8 Å². The fourth-order valence-corrected chi connectivity index (χ4v) is 2.95. The Morgan fingerprint density at radius 3 is 2.83 bits per heavy atom. The number of aryl methyl sites for hydroxylation is 1. The molecule has 24 heavy (non-hydrogen) atoms. The van der Waals surface area contributed by atoms with Crippen LogP contribution in [0.5, 0.6) is 5.75 Å². The molecule has 0 saturated heterocycles. The van der Waals surface area contributed by atoms with E-state index in [0.29, 0.717) is 5.95 Å². The lowest BCUT2D eigenvalue weighted by Crippen LogP contribution is -2.20. The first-order valence-electron chi connectivity index (χ1n) is 7.73. The van der Waals surface area contributed by atoms with Crippen LogP contribution in [0.4, 0.5) is 5.95 Å². The van der Waals surface area contributed by atoms with Gasteiger partial charge in [0.15, 0.2) is 0 Å². The highest BCUT2D eigenvalue weighted by molar-refractivity contribution is 5.77. The van der Waals surface area contributed by atoms with E-state index in [0.717, 1.165) is 17.0 Å². The van der Waals surface area contributed by atoms with E-state index in [2.05, 4.69) is 46.0 Å². The largest absolute Gasteiger partial charge is 0.497 e. The van der Waals surface area contributed by atoms with Gasteiger partial charge in [-0.25, -0.2) is 0 Å². The summed E-state index contributed by atoms with van der Waals surface area (Å²) in [6.07, 6.45) is 2.14. The molecule has 0 bridgehead atoms. The Morgan fingerprint density at radius 2 is 2.00 bits per heavy atom. The number of fused-ring (bicyclic) bond motifs is 1. The quantitative estimate of drug-likeness (QED) is 0.804. The molecule has 0 spiro atoms. The van der Waals surface area contributed by atoms with E-state index in [1.165, 1.54) is 11.1 Å². The third-order valence-corrected chi connectivity index (χ3v) is 4.22. The fourth-order valence-electron chi connectivity index (χ4n) is 2.95. The molecular weight excluding hydrogens is 302 g/mol. The minimum absolute atomic E-state index is 0.0568. The van der Waals surface area contributed by atoms with E-state index in [9.17, 15) is 0 Å². The molecule has 2 heterocycles. The third kappa shape index (κ3) is 2.42. The molecule has 1 N–H and O–H groups in total. The maximum atomic E-state index is 5.33. The van der Waals surface area contributed by atoms with Gasteiger partial charge in [-0.2, -0.15) is 4.68 Å². The van der Waals surface area contributed by atoms with Gasteiger partial charge < -0.3 is 10.1 Å². The van der Waals surface area contributed by atoms with Crippen molar-refractivity contribution >= 4 is 11.6 Å². The Bertz CT molecular complexity index is 915. The molecule has 0 unspecified atom stereocenters. The number of rotatable bonds is 3. The summed E-state index contributed by atoms with van der Waals surface area (Å²) in [6.45, 7) is 2.10. The Kier molecular flexibility index (Phi) is 3.49. The van der Waals surface area contributed by atoms with Gasteiger partial charge in [0, 0.05) is 11.3 Å². The zero-order chi connectivity index (χ0) is 16.5. The number of nitrogens with one attached hydrogen (secondary N) is 1. The molecule has 0 radical (unpaired) electrons. The number of tetrazole rings is 1. The molecule has 6 nitrogen and oxygen atoms in total. The molecular formula is C18H17N5O. The summed E-state index contributed by atoms with van der Waals surface area (Å²) in [7, 11) is 1.67. The van der Waals surface area contributed by atoms with E-state index in [1.807, 2.05) is 36.4 Å². The van der Waals surface area contributed by atoms with Gasteiger partial charge in [-0.3, -0.25) is 0 Å². The molecule has 0 saturated carbocycles. The predicted molar refractivity (Wildman–Crippen MR) is 91.7 cm³/mol. The van der Waals surface area contributed by atoms with E-state index < -0.39 is 0 Å². The molecule has 1 aliphatic heterocycles. The fraction of sp³-hybridized carbons (Fsp3) is 0.167. The average molecular weight is 319 g/mol. The molecule has 6 heteroatoms. The molecule has 0 amide bonds. The van der Waals surface area contributed by atoms with Crippen molar-refractivity contribution in [3.8, 4) is 5.75 Å². The first-order chi connectivity index (χ1) is 11.8. The summed E-state index contributed by atoms with van der Waals surface area (Å²) in [5.74, 6) is 1.44. The topological polar surface area (TPSA) is 64.9 Å². The molecule has 2 aromatic carbocycles. The molecule has 3 aromatic rings. The number of hydrogen-bond acceptors (Lipinski definition) is 5. The van der Waals surface area contributed by atoms with Crippen molar-refractivity contribution in [1.29, 1.82) is 0 Å². The molecule has 0 fully saturated rings. The van der Waals surface area contributed by atoms with Crippen molar-refractivity contribution in [3.05, 3.63) is 71.3 Å². The summed E-state index contributed by atoms with van der Waals surface area (Å²) in [4.78, 5) is 0. The molecule has 1 aromatic heterocycles. The summed E-state index contributed by atoms with van der Waals surface area (Å²) in [5, 5.41) is 15.4. The van der Waals surface area contributed by atoms with E-state index in [4.69, 9.17) is 4.74 Å². The molecule has 4 rings (SSSR count). The maximum absolute atomic E-state index is 5.33. The van der Waals surface area contributed by atoms with Crippen molar-refractivity contribution in [1.82, 2.24) is 20.2 Å². The van der Waals surface area contributed by atoms with Gasteiger partial charge in [-0.15, -0.1) is 0 Å². The number of aromatic nitrogens is 4. The minimum Gasteiger partial charge on any atom is -0.497 e. The Labute approximate surface area is 139 Å². The van der Waals surface area contributed by atoms with Crippen LogP contribution >= 0.6 is 0 Å². The van der Waals surface area contributed by atoms with Crippen molar-refractivity contribution in [2.24, 2.45) is 0 Å². The number of ether oxygens (including phenoxy) is 1. The Hall–Kier alpha value is -3.15. The first kappa shape index (κ1) is 14.4. The van der Waals surface area contributed by atoms with Gasteiger partial charge >= 0.3 is 0 Å². The number of benzene rings is 2. The van der Waals surface area contributed by atoms with E-state index >= 15 is 0 Å². The van der Waals surface area contributed by atoms with Gasteiger partial charge in [0.2, 0.25) is 5.95 Å². The van der Waals surface area contributed by atoms with E-state index in [1.54, 1.807) is 11.8 Å². The second-order valence-electron chi connectivity index (χ2n) is 5.69. The second-order valence-corrected chi connectivity index (χ2v) is 5.69. The second kappa shape index (κ2) is 5.81. The zero-order valence-corrected chi connectivity index (χ0v) is 13.5. The van der Waals surface area contributed by atoms with Crippen LogP contribution in [0.1, 0.15) is 22.7 Å². The Morgan fingerprint density at radius 1 is 1.12 bits per heavy atom. The zero-order valence-electron chi connectivity index (χ0n) is 13.5. The van der Waals surface area contributed by atoms with Crippen LogP contribution in [-0.4, -0.2) is 27.3 Å². The van der Waals surface area contributed by atoms with Crippen molar-refractivity contribution < 1.29 is 4.74 Å². The molecule has 0 aliphatic carbocycles. The van der Waals surface area contributed by atoms with Crippen LogP contribution in [0.2, 0.25) is 0 Å². The Balaban J connectivity index is 1.83. The normalized spacial score (nSPS) is 16.1. The summed E-state index contributed by atoms with van der Waals surface area (Å²) in [5.41, 5.74) is 4.37. The molecule has 1 aliphatic rings. The average Bonchev–Trinajstić information content (AvgIpc) is 3.10.